The third kappa shape index (κ3) is 3.68. The minimum absolute atomic E-state index is 0.105. The molecule has 0 aliphatic rings. The van der Waals surface area contributed by atoms with Crippen LogP contribution in [0.2, 0.25) is 0 Å². The highest BCUT2D eigenvalue weighted by atomic mass is 16.5. The molecular formula is C19H20N4O6. The molecule has 2 aromatic heterocycles. The summed E-state index contributed by atoms with van der Waals surface area (Å²) in [7, 11) is 4.33. The minimum atomic E-state index is -0.615. The Morgan fingerprint density at radius 1 is 1.14 bits per heavy atom. The summed E-state index contributed by atoms with van der Waals surface area (Å²) in [5.41, 5.74) is 0.269. The molecule has 0 aliphatic carbocycles. The van der Waals surface area contributed by atoms with E-state index in [4.69, 9.17) is 9.47 Å². The van der Waals surface area contributed by atoms with E-state index in [0.717, 1.165) is 4.57 Å². The fourth-order valence-corrected chi connectivity index (χ4v) is 2.97. The van der Waals surface area contributed by atoms with Crippen molar-refractivity contribution < 1.29 is 19.1 Å². The van der Waals surface area contributed by atoms with E-state index in [1.54, 1.807) is 18.2 Å². The molecule has 2 heterocycles. The number of carbonyl (C=O) groups is 2. The first kappa shape index (κ1) is 20.1. The number of ketones is 1. The van der Waals surface area contributed by atoms with Crippen LogP contribution >= 0.6 is 0 Å². The topological polar surface area (TPSA) is 114 Å². The zero-order valence-corrected chi connectivity index (χ0v) is 16.5. The molecule has 152 valence electrons. The molecule has 0 aliphatic heterocycles. The van der Waals surface area contributed by atoms with E-state index in [1.807, 2.05) is 0 Å². The molecule has 10 heteroatoms. The molecule has 0 bridgehead atoms. The number of imidazole rings is 1. The van der Waals surface area contributed by atoms with Gasteiger partial charge in [0, 0.05) is 25.2 Å². The molecule has 0 fully saturated rings. The van der Waals surface area contributed by atoms with E-state index in [2.05, 4.69) is 4.98 Å². The highest BCUT2D eigenvalue weighted by molar-refractivity contribution is 5.94. The molecule has 0 unspecified atom stereocenters. The highest BCUT2D eigenvalue weighted by Gasteiger charge is 2.17. The van der Waals surface area contributed by atoms with Gasteiger partial charge in [-0.15, -0.1) is 0 Å². The molecule has 0 radical (unpaired) electrons. The van der Waals surface area contributed by atoms with Crippen LogP contribution in [0.5, 0.6) is 5.75 Å². The van der Waals surface area contributed by atoms with Crippen LogP contribution in [0.15, 0.2) is 34.1 Å². The van der Waals surface area contributed by atoms with Crippen molar-refractivity contribution >= 4 is 22.9 Å². The van der Waals surface area contributed by atoms with E-state index in [1.165, 1.54) is 43.6 Å². The fraction of sp³-hybridized carbons (Fsp3) is 0.316. The number of ether oxygens (including phenoxy) is 2. The average Bonchev–Trinajstić information content (AvgIpc) is 3.12. The Labute approximate surface area is 164 Å². The van der Waals surface area contributed by atoms with Gasteiger partial charge in [0.15, 0.2) is 16.9 Å². The predicted octanol–water partition coefficient (Wildman–Crippen LogP) is 0.388. The van der Waals surface area contributed by atoms with Crippen molar-refractivity contribution in [1.29, 1.82) is 0 Å². The van der Waals surface area contributed by atoms with E-state index >= 15 is 0 Å². The molecular weight excluding hydrogens is 380 g/mol. The maximum Gasteiger partial charge on any atom is 0.332 e. The Balaban J connectivity index is 1.83. The molecule has 3 rings (SSSR count). The van der Waals surface area contributed by atoms with Gasteiger partial charge in [-0.3, -0.25) is 23.5 Å². The summed E-state index contributed by atoms with van der Waals surface area (Å²) in [5, 5.41) is 0. The maximum absolute atomic E-state index is 12.4. The number of methoxy groups -OCH3 is 1. The van der Waals surface area contributed by atoms with Crippen LogP contribution in [-0.4, -0.2) is 37.5 Å². The Bertz CT molecular complexity index is 1230. The number of esters is 1. The van der Waals surface area contributed by atoms with Crippen molar-refractivity contribution in [1.82, 2.24) is 18.7 Å². The standard InChI is InChI=1S/C19H20N4O6/c1-11(24)12-5-6-14(28-4)13(7-12)9-29-15(25)8-23-10-20-17-16(23)18(26)22(3)19(27)21(17)2/h5-7,10H,8-9H2,1-4H3. The summed E-state index contributed by atoms with van der Waals surface area (Å²) in [4.78, 5) is 52.4. The van der Waals surface area contributed by atoms with E-state index < -0.39 is 17.2 Å². The number of hydrogen-bond donors (Lipinski definition) is 0. The molecule has 0 atom stereocenters. The molecule has 0 amide bonds. The number of aromatic nitrogens is 4. The van der Waals surface area contributed by atoms with E-state index in [-0.39, 0.29) is 30.1 Å². The first-order chi connectivity index (χ1) is 13.7. The van der Waals surface area contributed by atoms with Crippen molar-refractivity contribution in [3.63, 3.8) is 0 Å². The zero-order valence-electron chi connectivity index (χ0n) is 16.5. The van der Waals surface area contributed by atoms with Crippen LogP contribution < -0.4 is 16.0 Å². The molecule has 0 saturated carbocycles. The van der Waals surface area contributed by atoms with Gasteiger partial charge in [0.2, 0.25) is 0 Å². The van der Waals surface area contributed by atoms with E-state index in [0.29, 0.717) is 16.9 Å². The lowest BCUT2D eigenvalue weighted by molar-refractivity contribution is -0.145. The van der Waals surface area contributed by atoms with E-state index in [9.17, 15) is 19.2 Å². The molecule has 10 nitrogen and oxygen atoms in total. The van der Waals surface area contributed by atoms with Crippen LogP contribution in [0.1, 0.15) is 22.8 Å². The predicted molar refractivity (Wildman–Crippen MR) is 103 cm³/mol. The Morgan fingerprint density at radius 2 is 1.86 bits per heavy atom. The second-order valence-corrected chi connectivity index (χ2v) is 6.49. The van der Waals surface area contributed by atoms with Crippen molar-refractivity contribution in [2.75, 3.05) is 7.11 Å². The number of carbonyl (C=O) groups excluding carboxylic acids is 2. The molecule has 1 aromatic carbocycles. The number of rotatable bonds is 6. The number of hydrogen-bond acceptors (Lipinski definition) is 7. The summed E-state index contributed by atoms with van der Waals surface area (Å²) >= 11 is 0. The fourth-order valence-electron chi connectivity index (χ4n) is 2.97. The quantitative estimate of drug-likeness (QED) is 0.434. The van der Waals surface area contributed by atoms with Gasteiger partial charge >= 0.3 is 11.7 Å². The zero-order chi connectivity index (χ0) is 21.3. The molecule has 0 saturated heterocycles. The number of fused-ring (bicyclic) bond motifs is 1. The number of aryl methyl sites for hydroxylation is 1. The van der Waals surface area contributed by atoms with Crippen LogP contribution in [0.25, 0.3) is 11.2 Å². The van der Waals surface area contributed by atoms with Gasteiger partial charge in [0.25, 0.3) is 5.56 Å². The van der Waals surface area contributed by atoms with Crippen LogP contribution in [-0.2, 0) is 36.8 Å². The van der Waals surface area contributed by atoms with Crippen molar-refractivity contribution in [2.24, 2.45) is 14.1 Å². The van der Waals surface area contributed by atoms with Crippen LogP contribution in [0.4, 0.5) is 0 Å². The number of benzene rings is 1. The molecule has 3 aromatic rings. The van der Waals surface area contributed by atoms with Gasteiger partial charge in [0.1, 0.15) is 18.9 Å². The number of nitrogens with zero attached hydrogens (tertiary/aromatic N) is 4. The van der Waals surface area contributed by atoms with Crippen molar-refractivity contribution in [3.05, 3.63) is 56.5 Å². The second-order valence-electron chi connectivity index (χ2n) is 6.49. The Hall–Kier alpha value is -3.69. The van der Waals surface area contributed by atoms with Crippen molar-refractivity contribution in [3.8, 4) is 5.75 Å². The van der Waals surface area contributed by atoms with Gasteiger partial charge in [-0.2, -0.15) is 0 Å². The first-order valence-corrected chi connectivity index (χ1v) is 8.69. The third-order valence-corrected chi connectivity index (χ3v) is 4.59. The first-order valence-electron chi connectivity index (χ1n) is 8.69. The van der Waals surface area contributed by atoms with Crippen LogP contribution in [0, 0.1) is 0 Å². The summed E-state index contributed by atoms with van der Waals surface area (Å²) in [6.45, 7) is 1.07. The van der Waals surface area contributed by atoms with Crippen LogP contribution in [0.3, 0.4) is 0 Å². The van der Waals surface area contributed by atoms with Gasteiger partial charge < -0.3 is 14.0 Å². The monoisotopic (exact) mass is 400 g/mol. The smallest absolute Gasteiger partial charge is 0.332 e. The normalized spacial score (nSPS) is 10.9. The molecule has 0 spiro atoms. The van der Waals surface area contributed by atoms with Gasteiger partial charge in [-0.25, -0.2) is 9.78 Å². The summed E-state index contributed by atoms with van der Waals surface area (Å²) in [6.07, 6.45) is 1.31. The van der Waals surface area contributed by atoms with Gasteiger partial charge in [-0.05, 0) is 25.1 Å². The average molecular weight is 400 g/mol. The lowest BCUT2D eigenvalue weighted by atomic mass is 10.1. The Morgan fingerprint density at radius 3 is 2.52 bits per heavy atom. The molecule has 0 N–H and O–H groups in total. The van der Waals surface area contributed by atoms with Gasteiger partial charge in [0.05, 0.1) is 13.4 Å². The summed E-state index contributed by atoms with van der Waals surface area (Å²) < 4.78 is 14.0. The lowest BCUT2D eigenvalue weighted by Crippen LogP contribution is -2.37. The summed E-state index contributed by atoms with van der Waals surface area (Å²) in [5.74, 6) is -0.248. The minimum Gasteiger partial charge on any atom is -0.496 e. The largest absolute Gasteiger partial charge is 0.496 e. The maximum atomic E-state index is 12.4. The summed E-state index contributed by atoms with van der Waals surface area (Å²) in [6, 6.07) is 4.87. The third-order valence-electron chi connectivity index (χ3n) is 4.59. The van der Waals surface area contributed by atoms with Crippen molar-refractivity contribution in [2.45, 2.75) is 20.1 Å². The van der Waals surface area contributed by atoms with Gasteiger partial charge in [-0.1, -0.05) is 0 Å². The number of Topliss-reactive ketones (excluding diaryl/α,β-unsaturated/α-hetero) is 1. The second kappa shape index (κ2) is 7.74. The SMILES string of the molecule is COc1ccc(C(C)=O)cc1COC(=O)Cn1cnc2c1c(=O)n(C)c(=O)n2C. The highest BCUT2D eigenvalue weighted by Crippen LogP contribution is 2.21. The Kier molecular flexibility index (Phi) is 5.35. The lowest BCUT2D eigenvalue weighted by Gasteiger charge is -2.11. The molecule has 29 heavy (non-hydrogen) atoms.